The number of nitriles is 1. The Labute approximate surface area is 105 Å². The molecule has 1 saturated carbocycles. The Morgan fingerprint density at radius 2 is 2.33 bits per heavy atom. The number of rotatable bonds is 5. The van der Waals surface area contributed by atoms with Gasteiger partial charge in [-0.15, -0.1) is 0 Å². The molecular weight excluding hydrogens is 232 g/mol. The molecule has 0 heterocycles. The monoisotopic (exact) mass is 246 g/mol. The van der Waals surface area contributed by atoms with Gasteiger partial charge in [-0.1, -0.05) is 0 Å². The summed E-state index contributed by atoms with van der Waals surface area (Å²) in [7, 11) is 0. The van der Waals surface area contributed by atoms with E-state index in [0.29, 0.717) is 18.2 Å². The number of benzene rings is 1. The summed E-state index contributed by atoms with van der Waals surface area (Å²) >= 11 is 0. The van der Waals surface area contributed by atoms with E-state index in [1.165, 1.54) is 12.1 Å². The molecule has 1 aromatic rings. The molecule has 6 heteroatoms. The molecule has 0 radical (unpaired) electrons. The second-order valence-corrected chi connectivity index (χ2v) is 4.42. The third-order valence-electron chi connectivity index (χ3n) is 3.11. The van der Waals surface area contributed by atoms with Crippen molar-refractivity contribution in [3.8, 4) is 6.07 Å². The van der Waals surface area contributed by atoms with Gasteiger partial charge in [-0.2, -0.15) is 5.26 Å². The van der Waals surface area contributed by atoms with E-state index in [-0.39, 0.29) is 17.3 Å². The topological polar surface area (TPSA) is 105 Å². The summed E-state index contributed by atoms with van der Waals surface area (Å²) in [5.74, 6) is 0.579. The Bertz CT molecular complexity index is 505. The lowest BCUT2D eigenvalue weighted by molar-refractivity contribution is -0.385. The molecule has 0 aromatic heterocycles. The van der Waals surface area contributed by atoms with Crippen molar-refractivity contribution in [2.75, 3.05) is 11.9 Å². The molecule has 0 bridgehead atoms. The highest BCUT2D eigenvalue weighted by atomic mass is 16.6. The first-order valence-corrected chi connectivity index (χ1v) is 5.81. The minimum atomic E-state index is -0.552. The van der Waals surface area contributed by atoms with E-state index < -0.39 is 4.92 Å². The van der Waals surface area contributed by atoms with Crippen LogP contribution in [0.3, 0.4) is 0 Å². The van der Waals surface area contributed by atoms with Gasteiger partial charge in [-0.05, 0) is 30.9 Å². The number of nitrogens with two attached hydrogens (primary N) is 1. The highest BCUT2D eigenvalue weighted by Crippen LogP contribution is 2.34. The molecule has 1 aromatic carbocycles. The number of hydrogen-bond donors (Lipinski definition) is 2. The molecular formula is C12H14N4O2. The second kappa shape index (κ2) is 5.02. The normalized spacial score (nSPS) is 15.8. The molecule has 1 aliphatic rings. The van der Waals surface area contributed by atoms with Crippen molar-refractivity contribution in [1.82, 2.24) is 0 Å². The van der Waals surface area contributed by atoms with Crippen LogP contribution in [-0.4, -0.2) is 17.5 Å². The first-order valence-electron chi connectivity index (χ1n) is 5.81. The van der Waals surface area contributed by atoms with Gasteiger partial charge in [-0.25, -0.2) is 0 Å². The quantitative estimate of drug-likeness (QED) is 0.606. The van der Waals surface area contributed by atoms with Crippen LogP contribution in [0.15, 0.2) is 18.2 Å². The van der Waals surface area contributed by atoms with Crippen LogP contribution >= 0.6 is 0 Å². The second-order valence-electron chi connectivity index (χ2n) is 4.42. The maximum absolute atomic E-state index is 10.7. The molecule has 6 nitrogen and oxygen atoms in total. The van der Waals surface area contributed by atoms with E-state index in [2.05, 4.69) is 5.32 Å². The summed E-state index contributed by atoms with van der Waals surface area (Å²) in [6, 6.07) is 6.49. The van der Waals surface area contributed by atoms with E-state index in [1.54, 1.807) is 6.07 Å². The average molecular weight is 246 g/mol. The third-order valence-corrected chi connectivity index (χ3v) is 3.11. The van der Waals surface area contributed by atoms with Crippen molar-refractivity contribution < 1.29 is 4.92 Å². The minimum Gasteiger partial charge on any atom is -0.381 e. The fourth-order valence-corrected chi connectivity index (χ4v) is 1.96. The zero-order valence-electron chi connectivity index (χ0n) is 9.80. The van der Waals surface area contributed by atoms with Crippen LogP contribution in [0, 0.1) is 27.4 Å². The maximum Gasteiger partial charge on any atom is 0.287 e. The lowest BCUT2D eigenvalue weighted by Gasteiger charge is -2.17. The molecule has 0 spiro atoms. The van der Waals surface area contributed by atoms with Crippen LogP contribution in [0.5, 0.6) is 0 Å². The van der Waals surface area contributed by atoms with E-state index in [0.717, 1.165) is 12.8 Å². The van der Waals surface area contributed by atoms with Crippen LogP contribution < -0.4 is 11.1 Å². The van der Waals surface area contributed by atoms with Crippen LogP contribution in [-0.2, 0) is 0 Å². The molecule has 2 rings (SSSR count). The predicted molar refractivity (Wildman–Crippen MR) is 67.0 cm³/mol. The molecule has 0 saturated heterocycles. The predicted octanol–water partition coefficient (Wildman–Crippen LogP) is 1.62. The van der Waals surface area contributed by atoms with Gasteiger partial charge < -0.3 is 11.1 Å². The minimum absolute atomic E-state index is 0.0663. The van der Waals surface area contributed by atoms with Crippen LogP contribution in [0.25, 0.3) is 0 Å². The number of nitrogens with zero attached hydrogens (tertiary/aromatic N) is 2. The van der Waals surface area contributed by atoms with Gasteiger partial charge in [0.15, 0.2) is 0 Å². The molecule has 3 N–H and O–H groups in total. The molecule has 1 fully saturated rings. The van der Waals surface area contributed by atoms with Gasteiger partial charge in [0.2, 0.25) is 0 Å². The number of nitrogens with one attached hydrogen (secondary N) is 1. The van der Waals surface area contributed by atoms with E-state index in [1.807, 2.05) is 6.07 Å². The zero-order chi connectivity index (χ0) is 13.1. The van der Waals surface area contributed by atoms with Gasteiger partial charge >= 0.3 is 0 Å². The number of nitro groups is 1. The maximum atomic E-state index is 10.7. The molecule has 18 heavy (non-hydrogen) atoms. The molecule has 1 unspecified atom stereocenters. The Kier molecular flexibility index (Phi) is 3.44. The van der Waals surface area contributed by atoms with Crippen molar-refractivity contribution >= 4 is 11.4 Å². The Morgan fingerprint density at radius 1 is 1.61 bits per heavy atom. The molecule has 1 aliphatic carbocycles. The summed E-state index contributed by atoms with van der Waals surface area (Å²) in [6.07, 6.45) is 2.32. The Hall–Kier alpha value is -2.13. The first-order chi connectivity index (χ1) is 8.65. The summed E-state index contributed by atoms with van der Waals surface area (Å²) < 4.78 is 0. The molecule has 1 atom stereocenters. The van der Waals surface area contributed by atoms with E-state index >= 15 is 0 Å². The lowest BCUT2D eigenvalue weighted by Crippen LogP contribution is -2.30. The van der Waals surface area contributed by atoms with Crippen LogP contribution in [0.2, 0.25) is 0 Å². The molecule has 0 aliphatic heterocycles. The number of nitro benzene ring substituents is 1. The molecule has 0 amide bonds. The van der Waals surface area contributed by atoms with E-state index in [4.69, 9.17) is 11.0 Å². The third kappa shape index (κ3) is 2.57. The summed E-state index contributed by atoms with van der Waals surface area (Å²) in [5, 5.41) is 22.8. The van der Waals surface area contributed by atoms with Gasteiger partial charge in [0.1, 0.15) is 11.6 Å². The smallest absolute Gasteiger partial charge is 0.287 e. The van der Waals surface area contributed by atoms with Gasteiger partial charge in [0.25, 0.3) is 5.69 Å². The van der Waals surface area contributed by atoms with Crippen LogP contribution in [0.4, 0.5) is 11.4 Å². The van der Waals surface area contributed by atoms with Gasteiger partial charge in [0.05, 0.1) is 4.92 Å². The largest absolute Gasteiger partial charge is 0.381 e. The van der Waals surface area contributed by atoms with Crippen molar-refractivity contribution in [2.45, 2.75) is 18.9 Å². The standard InChI is InChI=1S/C12H14N4O2/c13-6-9-5-10(3-4-12(9)16(17)18)15-11(7-14)8-1-2-8/h3-5,8,11,15H,1-2,7,14H2. The fourth-order valence-electron chi connectivity index (χ4n) is 1.96. The van der Waals surface area contributed by atoms with Crippen LogP contribution in [0.1, 0.15) is 18.4 Å². The Balaban J connectivity index is 2.19. The van der Waals surface area contributed by atoms with Crippen molar-refractivity contribution in [3.05, 3.63) is 33.9 Å². The first kappa shape index (κ1) is 12.3. The summed E-state index contributed by atoms with van der Waals surface area (Å²) in [4.78, 5) is 10.2. The number of hydrogen-bond acceptors (Lipinski definition) is 5. The summed E-state index contributed by atoms with van der Waals surface area (Å²) in [6.45, 7) is 0.517. The highest BCUT2D eigenvalue weighted by Gasteiger charge is 2.30. The highest BCUT2D eigenvalue weighted by molar-refractivity contribution is 5.59. The summed E-state index contributed by atoms with van der Waals surface area (Å²) in [5.41, 5.74) is 6.28. The van der Waals surface area contributed by atoms with Crippen molar-refractivity contribution in [1.29, 1.82) is 5.26 Å². The van der Waals surface area contributed by atoms with Crippen molar-refractivity contribution in [2.24, 2.45) is 11.7 Å². The SMILES string of the molecule is N#Cc1cc(NC(CN)C2CC2)ccc1[N+](=O)[O-]. The zero-order valence-corrected chi connectivity index (χ0v) is 9.80. The van der Waals surface area contributed by atoms with Gasteiger partial charge in [-0.3, -0.25) is 10.1 Å². The van der Waals surface area contributed by atoms with E-state index in [9.17, 15) is 10.1 Å². The average Bonchev–Trinajstić information content (AvgIpc) is 3.19. The fraction of sp³-hybridized carbons (Fsp3) is 0.417. The Morgan fingerprint density at radius 3 is 2.83 bits per heavy atom. The van der Waals surface area contributed by atoms with Crippen molar-refractivity contribution in [3.63, 3.8) is 0 Å². The lowest BCUT2D eigenvalue weighted by atomic mass is 10.1. The van der Waals surface area contributed by atoms with Gasteiger partial charge in [0, 0.05) is 24.3 Å². The number of anilines is 1. The molecule has 94 valence electrons.